The number of rotatable bonds is 8. The van der Waals surface area contributed by atoms with Crippen LogP contribution in [-0.4, -0.2) is 27.3 Å². The Morgan fingerprint density at radius 2 is 1.72 bits per heavy atom. The van der Waals surface area contributed by atoms with Crippen molar-refractivity contribution >= 4 is 11.7 Å². The normalized spacial score (nSPS) is 11.1. The molecule has 3 rings (SSSR count). The molecule has 2 N–H and O–H groups in total. The SMILES string of the molecule is CCC(C)(C)c1ccc(Oc2ccc(NC(=O)NCCn3cncn3)cc2)cc1. The summed E-state index contributed by atoms with van der Waals surface area (Å²) < 4.78 is 7.56. The molecule has 29 heavy (non-hydrogen) atoms. The summed E-state index contributed by atoms with van der Waals surface area (Å²) in [4.78, 5) is 15.8. The van der Waals surface area contributed by atoms with Crippen LogP contribution in [0.25, 0.3) is 0 Å². The van der Waals surface area contributed by atoms with Gasteiger partial charge in [0.05, 0.1) is 6.54 Å². The molecule has 152 valence electrons. The maximum absolute atomic E-state index is 12.0. The molecule has 0 aliphatic rings. The first-order valence-electron chi connectivity index (χ1n) is 9.72. The second-order valence-electron chi connectivity index (χ2n) is 7.43. The van der Waals surface area contributed by atoms with Crippen LogP contribution in [-0.2, 0) is 12.0 Å². The number of urea groups is 1. The van der Waals surface area contributed by atoms with Crippen molar-refractivity contribution in [3.63, 3.8) is 0 Å². The molecule has 0 aliphatic heterocycles. The van der Waals surface area contributed by atoms with Crippen LogP contribution in [0, 0.1) is 0 Å². The molecule has 1 heterocycles. The number of hydrogen-bond acceptors (Lipinski definition) is 4. The van der Waals surface area contributed by atoms with E-state index in [1.165, 1.54) is 11.9 Å². The Morgan fingerprint density at radius 3 is 2.31 bits per heavy atom. The number of carbonyl (C=O) groups excluding carboxylic acids is 1. The molecule has 0 aliphatic carbocycles. The number of nitrogens with zero attached hydrogens (tertiary/aromatic N) is 3. The monoisotopic (exact) mass is 393 g/mol. The van der Waals surface area contributed by atoms with Crippen molar-refractivity contribution < 1.29 is 9.53 Å². The smallest absolute Gasteiger partial charge is 0.319 e. The van der Waals surface area contributed by atoms with Gasteiger partial charge in [-0.25, -0.2) is 9.78 Å². The van der Waals surface area contributed by atoms with E-state index in [0.29, 0.717) is 24.5 Å². The molecule has 0 saturated heterocycles. The van der Waals surface area contributed by atoms with Crippen molar-refractivity contribution in [3.05, 3.63) is 66.7 Å². The predicted molar refractivity (Wildman–Crippen MR) is 113 cm³/mol. The topological polar surface area (TPSA) is 81.1 Å². The number of aromatic nitrogens is 3. The van der Waals surface area contributed by atoms with Crippen molar-refractivity contribution in [2.45, 2.75) is 39.2 Å². The fraction of sp³-hybridized carbons (Fsp3) is 0.318. The van der Waals surface area contributed by atoms with Crippen LogP contribution in [0.1, 0.15) is 32.8 Å². The van der Waals surface area contributed by atoms with Gasteiger partial charge in [0.2, 0.25) is 0 Å². The largest absolute Gasteiger partial charge is 0.457 e. The van der Waals surface area contributed by atoms with E-state index in [2.05, 4.69) is 53.6 Å². The lowest BCUT2D eigenvalue weighted by atomic mass is 9.82. The Labute approximate surface area is 171 Å². The minimum atomic E-state index is -0.270. The first-order chi connectivity index (χ1) is 14.0. The van der Waals surface area contributed by atoms with Crippen molar-refractivity contribution in [2.75, 3.05) is 11.9 Å². The van der Waals surface area contributed by atoms with Gasteiger partial charge in [-0.3, -0.25) is 4.68 Å². The highest BCUT2D eigenvalue weighted by Crippen LogP contribution is 2.29. The Balaban J connectivity index is 1.48. The summed E-state index contributed by atoms with van der Waals surface area (Å²) in [6, 6.07) is 15.2. The quantitative estimate of drug-likeness (QED) is 0.587. The fourth-order valence-electron chi connectivity index (χ4n) is 2.73. The van der Waals surface area contributed by atoms with Crippen LogP contribution in [0.15, 0.2) is 61.2 Å². The molecular formula is C22H27N5O2. The third kappa shape index (κ3) is 5.81. The Hall–Kier alpha value is -3.35. The lowest BCUT2D eigenvalue weighted by molar-refractivity contribution is 0.251. The summed E-state index contributed by atoms with van der Waals surface area (Å²) in [6.07, 6.45) is 4.15. The zero-order valence-corrected chi connectivity index (χ0v) is 17.1. The predicted octanol–water partition coefficient (Wildman–Crippen LogP) is 4.58. The molecule has 0 bridgehead atoms. The van der Waals surface area contributed by atoms with Crippen molar-refractivity contribution in [2.24, 2.45) is 0 Å². The summed E-state index contributed by atoms with van der Waals surface area (Å²) in [5.41, 5.74) is 2.14. The van der Waals surface area contributed by atoms with E-state index in [-0.39, 0.29) is 11.4 Å². The highest BCUT2D eigenvalue weighted by molar-refractivity contribution is 5.89. The molecule has 1 aromatic heterocycles. The second kappa shape index (κ2) is 9.23. The molecule has 7 nitrogen and oxygen atoms in total. The minimum Gasteiger partial charge on any atom is -0.457 e. The van der Waals surface area contributed by atoms with E-state index in [0.717, 1.165) is 12.2 Å². The van der Waals surface area contributed by atoms with Gasteiger partial charge in [-0.15, -0.1) is 0 Å². The van der Waals surface area contributed by atoms with Crippen molar-refractivity contribution in [3.8, 4) is 11.5 Å². The van der Waals surface area contributed by atoms with Crippen LogP contribution >= 0.6 is 0 Å². The molecule has 2 aromatic carbocycles. The molecule has 0 atom stereocenters. The number of anilines is 1. The number of nitrogens with one attached hydrogen (secondary N) is 2. The van der Waals surface area contributed by atoms with E-state index in [9.17, 15) is 4.79 Å². The Kier molecular flexibility index (Phi) is 6.49. The summed E-state index contributed by atoms with van der Waals surface area (Å²) >= 11 is 0. The Bertz CT molecular complexity index is 903. The number of amides is 2. The fourth-order valence-corrected chi connectivity index (χ4v) is 2.73. The van der Waals surface area contributed by atoms with Gasteiger partial charge in [-0.2, -0.15) is 5.10 Å². The van der Waals surface area contributed by atoms with Gasteiger partial charge >= 0.3 is 6.03 Å². The molecule has 0 saturated carbocycles. The minimum absolute atomic E-state index is 0.154. The molecule has 0 fully saturated rings. The third-order valence-electron chi connectivity index (χ3n) is 4.96. The van der Waals surface area contributed by atoms with E-state index in [1.54, 1.807) is 23.1 Å². The first-order valence-corrected chi connectivity index (χ1v) is 9.72. The van der Waals surface area contributed by atoms with Gasteiger partial charge in [0.25, 0.3) is 0 Å². The highest BCUT2D eigenvalue weighted by atomic mass is 16.5. The summed E-state index contributed by atoms with van der Waals surface area (Å²) in [5.74, 6) is 1.50. The van der Waals surface area contributed by atoms with E-state index < -0.39 is 0 Å². The maximum Gasteiger partial charge on any atom is 0.319 e. The number of benzene rings is 2. The summed E-state index contributed by atoms with van der Waals surface area (Å²) in [7, 11) is 0. The number of ether oxygens (including phenoxy) is 1. The summed E-state index contributed by atoms with van der Waals surface area (Å²) in [6.45, 7) is 7.69. The molecule has 7 heteroatoms. The standard InChI is InChI=1S/C22H27N5O2/c1-4-22(2,3)17-5-9-19(10-6-17)29-20-11-7-18(8-12-20)26-21(28)24-13-14-27-16-23-15-25-27/h5-12,15-16H,4,13-14H2,1-3H3,(H2,24,26,28). The highest BCUT2D eigenvalue weighted by Gasteiger charge is 2.17. The van der Waals surface area contributed by atoms with Crippen LogP contribution < -0.4 is 15.4 Å². The molecule has 0 spiro atoms. The summed E-state index contributed by atoms with van der Waals surface area (Å²) in [5, 5.41) is 9.55. The molecule has 2 amide bonds. The van der Waals surface area contributed by atoms with Gasteiger partial charge in [-0.05, 0) is 53.8 Å². The Morgan fingerprint density at radius 1 is 1.07 bits per heavy atom. The average molecular weight is 393 g/mol. The molecule has 0 unspecified atom stereocenters. The van der Waals surface area contributed by atoms with Gasteiger partial charge in [-0.1, -0.05) is 32.9 Å². The van der Waals surface area contributed by atoms with E-state index >= 15 is 0 Å². The van der Waals surface area contributed by atoms with Crippen LogP contribution in [0.5, 0.6) is 11.5 Å². The molecular weight excluding hydrogens is 366 g/mol. The van der Waals surface area contributed by atoms with Crippen molar-refractivity contribution in [1.29, 1.82) is 0 Å². The van der Waals surface area contributed by atoms with Gasteiger partial charge in [0.1, 0.15) is 24.2 Å². The van der Waals surface area contributed by atoms with Crippen LogP contribution in [0.3, 0.4) is 0 Å². The maximum atomic E-state index is 12.0. The van der Waals surface area contributed by atoms with E-state index in [1.807, 2.05) is 24.3 Å². The van der Waals surface area contributed by atoms with Crippen molar-refractivity contribution in [1.82, 2.24) is 20.1 Å². The molecule has 3 aromatic rings. The lowest BCUT2D eigenvalue weighted by Crippen LogP contribution is -2.31. The first kappa shape index (κ1) is 20.4. The van der Waals surface area contributed by atoms with E-state index in [4.69, 9.17) is 4.74 Å². The third-order valence-corrected chi connectivity index (χ3v) is 4.96. The van der Waals surface area contributed by atoms with Crippen LogP contribution in [0.4, 0.5) is 10.5 Å². The van der Waals surface area contributed by atoms with Gasteiger partial charge < -0.3 is 15.4 Å². The van der Waals surface area contributed by atoms with Gasteiger partial charge in [0, 0.05) is 12.2 Å². The molecule has 0 radical (unpaired) electrons. The zero-order valence-electron chi connectivity index (χ0n) is 17.1. The second-order valence-corrected chi connectivity index (χ2v) is 7.43. The van der Waals surface area contributed by atoms with Crippen LogP contribution in [0.2, 0.25) is 0 Å². The number of carbonyl (C=O) groups is 1. The zero-order chi connectivity index (χ0) is 20.7. The lowest BCUT2D eigenvalue weighted by Gasteiger charge is -2.23. The average Bonchev–Trinajstić information content (AvgIpc) is 3.23. The number of hydrogen-bond donors (Lipinski definition) is 2. The van der Waals surface area contributed by atoms with Gasteiger partial charge in [0.15, 0.2) is 0 Å².